The molecular weight excluding hydrogens is 246 g/mol. The molecule has 0 N–H and O–H groups in total. The third-order valence-electron chi connectivity index (χ3n) is 3.38. The Morgan fingerprint density at radius 3 is 2.95 bits per heavy atom. The second-order valence-electron chi connectivity index (χ2n) is 4.53. The van der Waals surface area contributed by atoms with Crippen LogP contribution in [0.2, 0.25) is 0 Å². The summed E-state index contributed by atoms with van der Waals surface area (Å²) in [5.41, 5.74) is 1.97. The molecule has 1 aliphatic heterocycles. The van der Waals surface area contributed by atoms with Crippen molar-refractivity contribution in [2.24, 2.45) is 0 Å². The van der Waals surface area contributed by atoms with Crippen molar-refractivity contribution in [2.75, 3.05) is 20.3 Å². The molecule has 0 saturated carbocycles. The van der Waals surface area contributed by atoms with Crippen LogP contribution in [0.5, 0.6) is 0 Å². The van der Waals surface area contributed by atoms with Crippen LogP contribution in [-0.4, -0.2) is 41.1 Å². The van der Waals surface area contributed by atoms with Crippen molar-refractivity contribution < 1.29 is 14.3 Å². The number of methoxy groups -OCH3 is 1. The lowest BCUT2D eigenvalue weighted by Gasteiger charge is -2.22. The highest BCUT2D eigenvalue weighted by Crippen LogP contribution is 2.24. The lowest BCUT2D eigenvalue weighted by atomic mass is 10.1. The molecule has 0 amide bonds. The minimum absolute atomic E-state index is 0.307. The van der Waals surface area contributed by atoms with Gasteiger partial charge in [-0.1, -0.05) is 0 Å². The molecule has 1 saturated heterocycles. The fourth-order valence-corrected chi connectivity index (χ4v) is 2.37. The molecule has 3 rings (SSSR count). The average molecular weight is 261 g/mol. The van der Waals surface area contributed by atoms with Crippen molar-refractivity contribution in [3.05, 3.63) is 24.0 Å². The molecule has 0 atom stereocenters. The van der Waals surface area contributed by atoms with E-state index in [0.29, 0.717) is 11.7 Å². The van der Waals surface area contributed by atoms with Gasteiger partial charge in [0.25, 0.3) is 0 Å². The Kier molecular flexibility index (Phi) is 3.16. The molecule has 19 heavy (non-hydrogen) atoms. The van der Waals surface area contributed by atoms with Gasteiger partial charge in [-0.2, -0.15) is 5.10 Å². The minimum Gasteiger partial charge on any atom is -0.464 e. The van der Waals surface area contributed by atoms with Gasteiger partial charge in [0, 0.05) is 13.2 Å². The third-order valence-corrected chi connectivity index (χ3v) is 3.38. The summed E-state index contributed by atoms with van der Waals surface area (Å²) in [7, 11) is 1.35. The van der Waals surface area contributed by atoms with E-state index < -0.39 is 5.97 Å². The fraction of sp³-hybridized carbons (Fsp3) is 0.462. The van der Waals surface area contributed by atoms with E-state index in [1.165, 1.54) is 7.11 Å². The van der Waals surface area contributed by atoms with Gasteiger partial charge in [0.15, 0.2) is 0 Å². The summed E-state index contributed by atoms with van der Waals surface area (Å²) in [5, 5.41) is 4.39. The summed E-state index contributed by atoms with van der Waals surface area (Å²) in [5.74, 6) is -0.430. The Balaban J connectivity index is 1.97. The highest BCUT2D eigenvalue weighted by Gasteiger charge is 2.19. The number of fused-ring (bicyclic) bond motifs is 1. The monoisotopic (exact) mass is 261 g/mol. The van der Waals surface area contributed by atoms with Crippen LogP contribution in [0.4, 0.5) is 0 Å². The Labute approximate surface area is 110 Å². The van der Waals surface area contributed by atoms with E-state index in [2.05, 4.69) is 14.8 Å². The zero-order valence-corrected chi connectivity index (χ0v) is 10.7. The van der Waals surface area contributed by atoms with Crippen molar-refractivity contribution in [3.8, 4) is 0 Å². The highest BCUT2D eigenvalue weighted by molar-refractivity contribution is 5.90. The number of esters is 1. The van der Waals surface area contributed by atoms with Crippen LogP contribution in [0.25, 0.3) is 11.0 Å². The van der Waals surface area contributed by atoms with E-state index >= 15 is 0 Å². The zero-order valence-electron chi connectivity index (χ0n) is 10.7. The van der Waals surface area contributed by atoms with Gasteiger partial charge in [0.05, 0.1) is 24.9 Å². The topological polar surface area (TPSA) is 66.2 Å². The van der Waals surface area contributed by atoms with E-state index in [9.17, 15) is 4.79 Å². The van der Waals surface area contributed by atoms with E-state index in [1.807, 2.05) is 10.7 Å². The molecular formula is C13H15N3O3. The Hall–Kier alpha value is -1.95. The van der Waals surface area contributed by atoms with Crippen LogP contribution in [0.1, 0.15) is 29.4 Å². The number of carbonyl (C=O) groups excluding carboxylic acids is 1. The quantitative estimate of drug-likeness (QED) is 0.768. The van der Waals surface area contributed by atoms with Gasteiger partial charge in [0.1, 0.15) is 11.2 Å². The summed E-state index contributed by atoms with van der Waals surface area (Å²) in [6.45, 7) is 1.53. The molecule has 0 spiro atoms. The Morgan fingerprint density at radius 2 is 2.21 bits per heavy atom. The van der Waals surface area contributed by atoms with Crippen LogP contribution in [0.3, 0.4) is 0 Å². The van der Waals surface area contributed by atoms with Gasteiger partial charge in [-0.05, 0) is 25.0 Å². The lowest BCUT2D eigenvalue weighted by molar-refractivity contribution is 0.0594. The van der Waals surface area contributed by atoms with Crippen molar-refractivity contribution in [2.45, 2.75) is 18.9 Å². The number of pyridine rings is 1. The molecule has 100 valence electrons. The van der Waals surface area contributed by atoms with Crippen molar-refractivity contribution >= 4 is 17.0 Å². The van der Waals surface area contributed by atoms with Crippen LogP contribution < -0.4 is 0 Å². The molecule has 6 nitrogen and oxygen atoms in total. The number of rotatable bonds is 2. The number of hydrogen-bond acceptors (Lipinski definition) is 5. The van der Waals surface area contributed by atoms with Crippen molar-refractivity contribution in [1.29, 1.82) is 0 Å². The van der Waals surface area contributed by atoms with Gasteiger partial charge in [-0.25, -0.2) is 9.78 Å². The van der Waals surface area contributed by atoms with Gasteiger partial charge < -0.3 is 9.47 Å². The first kappa shape index (κ1) is 12.1. The summed E-state index contributed by atoms with van der Waals surface area (Å²) < 4.78 is 12.0. The second kappa shape index (κ2) is 4.97. The number of hydrogen-bond donors (Lipinski definition) is 0. The normalized spacial score (nSPS) is 16.7. The predicted octanol–water partition coefficient (Wildman–Crippen LogP) is 1.57. The van der Waals surface area contributed by atoms with Crippen LogP contribution in [-0.2, 0) is 9.47 Å². The molecule has 6 heteroatoms. The fourth-order valence-electron chi connectivity index (χ4n) is 2.37. The molecule has 0 radical (unpaired) electrons. The summed E-state index contributed by atoms with van der Waals surface area (Å²) in [6.07, 6.45) is 3.60. The van der Waals surface area contributed by atoms with Gasteiger partial charge in [-0.3, -0.25) is 4.68 Å². The van der Waals surface area contributed by atoms with E-state index in [1.54, 1.807) is 12.3 Å². The van der Waals surface area contributed by atoms with E-state index in [4.69, 9.17) is 4.74 Å². The van der Waals surface area contributed by atoms with Crippen LogP contribution in [0, 0.1) is 0 Å². The maximum absolute atomic E-state index is 11.4. The largest absolute Gasteiger partial charge is 0.464 e. The molecule has 2 aromatic heterocycles. The molecule has 1 fully saturated rings. The summed E-state index contributed by atoms with van der Waals surface area (Å²) in [4.78, 5) is 15.7. The molecule has 0 aromatic carbocycles. The number of ether oxygens (including phenoxy) is 2. The summed E-state index contributed by atoms with van der Waals surface area (Å²) >= 11 is 0. The second-order valence-corrected chi connectivity index (χ2v) is 4.53. The molecule has 1 aliphatic rings. The first-order valence-electron chi connectivity index (χ1n) is 6.30. The number of nitrogens with zero attached hydrogens (tertiary/aromatic N) is 3. The lowest BCUT2D eigenvalue weighted by Crippen LogP contribution is -2.20. The van der Waals surface area contributed by atoms with Gasteiger partial charge >= 0.3 is 5.97 Å². The SMILES string of the molecule is COC(=O)c1ccc2c(cnn2C2CCOCC2)n1. The average Bonchev–Trinajstić information content (AvgIpc) is 2.90. The summed E-state index contributed by atoms with van der Waals surface area (Å²) in [6, 6.07) is 3.89. The molecule has 3 heterocycles. The van der Waals surface area contributed by atoms with E-state index in [-0.39, 0.29) is 0 Å². The Bertz CT molecular complexity index is 602. The number of carbonyl (C=O) groups is 1. The molecule has 2 aromatic rings. The standard InChI is InChI=1S/C13H15N3O3/c1-18-13(17)10-2-3-12-11(15-10)8-14-16(12)9-4-6-19-7-5-9/h2-3,8-9H,4-7H2,1H3. The van der Waals surface area contributed by atoms with Crippen molar-refractivity contribution in [3.63, 3.8) is 0 Å². The smallest absolute Gasteiger partial charge is 0.356 e. The van der Waals surface area contributed by atoms with Crippen molar-refractivity contribution in [1.82, 2.24) is 14.8 Å². The predicted molar refractivity (Wildman–Crippen MR) is 68.0 cm³/mol. The molecule has 0 unspecified atom stereocenters. The first-order valence-corrected chi connectivity index (χ1v) is 6.30. The van der Waals surface area contributed by atoms with Crippen LogP contribution in [0.15, 0.2) is 18.3 Å². The highest BCUT2D eigenvalue weighted by atomic mass is 16.5. The van der Waals surface area contributed by atoms with E-state index in [0.717, 1.165) is 37.1 Å². The minimum atomic E-state index is -0.430. The van der Waals surface area contributed by atoms with Gasteiger partial charge in [-0.15, -0.1) is 0 Å². The first-order chi connectivity index (χ1) is 9.29. The third kappa shape index (κ3) is 2.19. The maximum Gasteiger partial charge on any atom is 0.356 e. The molecule has 0 bridgehead atoms. The number of aromatic nitrogens is 3. The maximum atomic E-state index is 11.4. The van der Waals surface area contributed by atoms with Crippen LogP contribution >= 0.6 is 0 Å². The van der Waals surface area contributed by atoms with Gasteiger partial charge in [0.2, 0.25) is 0 Å². The zero-order chi connectivity index (χ0) is 13.2. The Morgan fingerprint density at radius 1 is 1.42 bits per heavy atom. The molecule has 0 aliphatic carbocycles.